The third kappa shape index (κ3) is 1.86. The number of hydrogen-bond donors (Lipinski definition) is 0. The van der Waals surface area contributed by atoms with Crippen LogP contribution in [0.4, 0.5) is 0 Å². The van der Waals surface area contributed by atoms with Gasteiger partial charge in [0.15, 0.2) is 0 Å². The van der Waals surface area contributed by atoms with Crippen molar-refractivity contribution >= 4 is 21.5 Å². The van der Waals surface area contributed by atoms with Gasteiger partial charge in [0.25, 0.3) is 0 Å². The molecule has 0 fully saturated rings. The maximum Gasteiger partial charge on any atom is -0.0177 e. The minimum atomic E-state index is 1.23. The molecule has 0 aromatic heterocycles. The van der Waals surface area contributed by atoms with Crippen LogP contribution in [0.5, 0.6) is 0 Å². The minimum absolute atomic E-state index is 1.23. The highest BCUT2D eigenvalue weighted by atomic mass is 14.1. The Balaban J connectivity index is 1.91. The summed E-state index contributed by atoms with van der Waals surface area (Å²) in [5, 5.41) is 5.06. The Morgan fingerprint density at radius 2 is 1.20 bits per heavy atom. The maximum atomic E-state index is 3.12. The first-order valence-electron chi connectivity index (χ1n) is 6.79. The Bertz CT molecular complexity index is 826. The van der Waals surface area contributed by atoms with Gasteiger partial charge in [0.05, 0.1) is 0 Å². The fourth-order valence-electron chi connectivity index (χ4n) is 2.67. The van der Waals surface area contributed by atoms with Crippen LogP contribution in [0.1, 0.15) is 0 Å². The van der Waals surface area contributed by atoms with E-state index in [1.807, 2.05) is 12.1 Å². The lowest BCUT2D eigenvalue weighted by atomic mass is 9.99. The van der Waals surface area contributed by atoms with E-state index >= 15 is 0 Å². The highest BCUT2D eigenvalue weighted by Gasteiger charge is 2.01. The summed E-state index contributed by atoms with van der Waals surface area (Å²) in [7, 11) is 0. The molecule has 0 unspecified atom stereocenters. The van der Waals surface area contributed by atoms with Crippen molar-refractivity contribution in [2.45, 2.75) is 0 Å². The lowest BCUT2D eigenvalue weighted by molar-refractivity contribution is 1.67. The monoisotopic (exact) mass is 253 g/mol. The standard InChI is InChI=1S/C20H13/c1-3-7-17-13-19(11-9-15(17)5-1)20-12-10-16-6-2-4-8-18(16)14-20/h1,3-14H. The smallest absolute Gasteiger partial charge is 0.0177 e. The summed E-state index contributed by atoms with van der Waals surface area (Å²) in [6.07, 6.45) is 0. The largest absolute Gasteiger partial charge is 0.0616 e. The Kier molecular flexibility index (Phi) is 2.53. The molecule has 0 amide bonds. The number of rotatable bonds is 1. The zero-order chi connectivity index (χ0) is 13.4. The molecule has 20 heavy (non-hydrogen) atoms. The van der Waals surface area contributed by atoms with Gasteiger partial charge in [0.1, 0.15) is 0 Å². The van der Waals surface area contributed by atoms with Crippen LogP contribution in [0.3, 0.4) is 0 Å². The van der Waals surface area contributed by atoms with E-state index < -0.39 is 0 Å². The molecule has 0 spiro atoms. The molecule has 0 aliphatic carbocycles. The van der Waals surface area contributed by atoms with Crippen molar-refractivity contribution in [3.8, 4) is 11.1 Å². The summed E-state index contributed by atoms with van der Waals surface area (Å²) in [6, 6.07) is 30.9. The van der Waals surface area contributed by atoms with Crippen LogP contribution >= 0.6 is 0 Å². The van der Waals surface area contributed by atoms with E-state index in [0.717, 1.165) is 0 Å². The first-order valence-corrected chi connectivity index (χ1v) is 6.79. The van der Waals surface area contributed by atoms with E-state index in [-0.39, 0.29) is 0 Å². The molecule has 1 radical (unpaired) electrons. The molecule has 4 aromatic carbocycles. The summed E-state index contributed by atoms with van der Waals surface area (Å²) in [6.45, 7) is 0. The zero-order valence-electron chi connectivity index (χ0n) is 11.0. The predicted octanol–water partition coefficient (Wildman–Crippen LogP) is 5.46. The van der Waals surface area contributed by atoms with Crippen molar-refractivity contribution in [2.24, 2.45) is 0 Å². The molecule has 0 aliphatic rings. The first-order chi connectivity index (χ1) is 9.90. The SMILES string of the molecule is [c]1ccc2cc(-c3ccc4ccccc4c3)ccc2c1. The average Bonchev–Trinajstić information content (AvgIpc) is 2.54. The molecule has 4 aromatic rings. The number of fused-ring (bicyclic) bond motifs is 2. The van der Waals surface area contributed by atoms with Gasteiger partial charge in [0, 0.05) is 0 Å². The van der Waals surface area contributed by atoms with Crippen LogP contribution in [0.15, 0.2) is 78.9 Å². The molecule has 0 heterocycles. The molecule has 0 nitrogen and oxygen atoms in total. The Morgan fingerprint density at radius 3 is 2.00 bits per heavy atom. The van der Waals surface area contributed by atoms with Gasteiger partial charge in [-0.25, -0.2) is 0 Å². The maximum absolute atomic E-state index is 3.12. The van der Waals surface area contributed by atoms with Gasteiger partial charge < -0.3 is 0 Å². The summed E-state index contributed by atoms with van der Waals surface area (Å²) < 4.78 is 0. The number of benzene rings is 4. The van der Waals surface area contributed by atoms with Crippen LogP contribution in [-0.4, -0.2) is 0 Å². The summed E-state index contributed by atoms with van der Waals surface area (Å²) in [5.74, 6) is 0. The van der Waals surface area contributed by atoms with Gasteiger partial charge in [-0.3, -0.25) is 0 Å². The Morgan fingerprint density at radius 1 is 0.550 bits per heavy atom. The number of hydrogen-bond acceptors (Lipinski definition) is 0. The van der Waals surface area contributed by atoms with Crippen molar-refractivity contribution in [1.82, 2.24) is 0 Å². The lowest BCUT2D eigenvalue weighted by Crippen LogP contribution is -1.80. The zero-order valence-corrected chi connectivity index (χ0v) is 11.0. The topological polar surface area (TPSA) is 0 Å². The van der Waals surface area contributed by atoms with Crippen molar-refractivity contribution in [2.75, 3.05) is 0 Å². The fourth-order valence-corrected chi connectivity index (χ4v) is 2.67. The van der Waals surface area contributed by atoms with Gasteiger partial charge in [-0.15, -0.1) is 0 Å². The molecule has 0 saturated carbocycles. The molecular weight excluding hydrogens is 240 g/mol. The second-order valence-electron chi connectivity index (χ2n) is 5.05. The van der Waals surface area contributed by atoms with Gasteiger partial charge >= 0.3 is 0 Å². The highest BCUT2D eigenvalue weighted by Crippen LogP contribution is 2.27. The predicted molar refractivity (Wildman–Crippen MR) is 85.7 cm³/mol. The molecule has 93 valence electrons. The van der Waals surface area contributed by atoms with E-state index in [1.165, 1.54) is 32.7 Å². The fraction of sp³-hybridized carbons (Fsp3) is 0. The van der Waals surface area contributed by atoms with Crippen LogP contribution in [0.2, 0.25) is 0 Å². The lowest BCUT2D eigenvalue weighted by Gasteiger charge is -2.06. The van der Waals surface area contributed by atoms with Gasteiger partial charge in [-0.1, -0.05) is 60.7 Å². The molecule has 0 aliphatic heterocycles. The quantitative estimate of drug-likeness (QED) is 0.422. The summed E-state index contributed by atoms with van der Waals surface area (Å²) in [5.41, 5.74) is 2.52. The van der Waals surface area contributed by atoms with E-state index in [4.69, 9.17) is 0 Å². The molecule has 0 bridgehead atoms. The van der Waals surface area contributed by atoms with E-state index in [1.54, 1.807) is 0 Å². The summed E-state index contributed by atoms with van der Waals surface area (Å²) in [4.78, 5) is 0. The minimum Gasteiger partial charge on any atom is -0.0616 e. The van der Waals surface area contributed by atoms with E-state index in [2.05, 4.69) is 72.8 Å². The molecule has 0 N–H and O–H groups in total. The van der Waals surface area contributed by atoms with Crippen molar-refractivity contribution in [1.29, 1.82) is 0 Å². The molecular formula is C20H13. The third-order valence-electron chi connectivity index (χ3n) is 3.77. The Labute approximate surface area is 118 Å². The molecule has 4 rings (SSSR count). The van der Waals surface area contributed by atoms with Crippen LogP contribution < -0.4 is 0 Å². The van der Waals surface area contributed by atoms with E-state index in [0.29, 0.717) is 0 Å². The van der Waals surface area contributed by atoms with Crippen LogP contribution in [0, 0.1) is 6.07 Å². The average molecular weight is 253 g/mol. The second-order valence-corrected chi connectivity index (χ2v) is 5.05. The Hall–Kier alpha value is -2.60. The van der Waals surface area contributed by atoms with Gasteiger partial charge in [0.2, 0.25) is 0 Å². The van der Waals surface area contributed by atoms with Crippen molar-refractivity contribution in [3.63, 3.8) is 0 Å². The normalized spacial score (nSPS) is 11.0. The van der Waals surface area contributed by atoms with Crippen LogP contribution in [0.25, 0.3) is 32.7 Å². The first kappa shape index (κ1) is 11.2. The van der Waals surface area contributed by atoms with Crippen molar-refractivity contribution < 1.29 is 0 Å². The molecule has 0 saturated heterocycles. The van der Waals surface area contributed by atoms with Crippen molar-refractivity contribution in [3.05, 3.63) is 84.9 Å². The van der Waals surface area contributed by atoms with Gasteiger partial charge in [-0.05, 0) is 56.9 Å². The van der Waals surface area contributed by atoms with Gasteiger partial charge in [-0.2, -0.15) is 0 Å². The molecule has 0 atom stereocenters. The third-order valence-corrected chi connectivity index (χ3v) is 3.77. The van der Waals surface area contributed by atoms with E-state index in [9.17, 15) is 0 Å². The molecule has 0 heteroatoms. The van der Waals surface area contributed by atoms with Crippen LogP contribution in [-0.2, 0) is 0 Å². The second kappa shape index (κ2) is 4.50. The highest BCUT2D eigenvalue weighted by molar-refractivity contribution is 5.91. The summed E-state index contributed by atoms with van der Waals surface area (Å²) >= 11 is 0.